The SMILES string of the molecule is CCOc1ccc(-c2nn(-c3ccccc3)cc2C=C2SC(=S)N(C(C)C)C2=O)cc1. The van der Waals surface area contributed by atoms with Crippen molar-refractivity contribution in [2.45, 2.75) is 26.8 Å². The Morgan fingerprint density at radius 2 is 1.84 bits per heavy atom. The van der Waals surface area contributed by atoms with E-state index < -0.39 is 0 Å². The van der Waals surface area contributed by atoms with Crippen LogP contribution < -0.4 is 4.74 Å². The molecule has 0 aliphatic carbocycles. The Labute approximate surface area is 191 Å². The molecule has 1 aliphatic heterocycles. The first kappa shape index (κ1) is 21.3. The van der Waals surface area contributed by atoms with Crippen molar-refractivity contribution in [3.05, 3.63) is 71.3 Å². The molecule has 0 atom stereocenters. The summed E-state index contributed by atoms with van der Waals surface area (Å²) in [6, 6.07) is 17.8. The van der Waals surface area contributed by atoms with Crippen LogP contribution in [0, 0.1) is 0 Å². The predicted octanol–water partition coefficient (Wildman–Crippen LogP) is 5.55. The first-order valence-electron chi connectivity index (χ1n) is 10.1. The minimum Gasteiger partial charge on any atom is -0.494 e. The number of thiocarbonyl (C=S) groups is 1. The molecule has 1 fully saturated rings. The maximum Gasteiger partial charge on any atom is 0.266 e. The molecule has 0 N–H and O–H groups in total. The van der Waals surface area contributed by atoms with Crippen LogP contribution in [0.4, 0.5) is 0 Å². The maximum atomic E-state index is 12.9. The minimum atomic E-state index is -0.0601. The quantitative estimate of drug-likeness (QED) is 0.365. The summed E-state index contributed by atoms with van der Waals surface area (Å²) < 4.78 is 7.99. The van der Waals surface area contributed by atoms with Gasteiger partial charge in [-0.15, -0.1) is 0 Å². The van der Waals surface area contributed by atoms with Crippen LogP contribution in [0.5, 0.6) is 5.75 Å². The lowest BCUT2D eigenvalue weighted by atomic mass is 10.1. The van der Waals surface area contributed by atoms with E-state index in [4.69, 9.17) is 22.1 Å². The van der Waals surface area contributed by atoms with Crippen molar-refractivity contribution in [2.75, 3.05) is 6.61 Å². The van der Waals surface area contributed by atoms with E-state index in [1.807, 2.05) is 92.3 Å². The molecule has 1 saturated heterocycles. The van der Waals surface area contributed by atoms with Crippen molar-refractivity contribution in [2.24, 2.45) is 0 Å². The molecule has 0 unspecified atom stereocenters. The zero-order chi connectivity index (χ0) is 22.0. The van der Waals surface area contributed by atoms with Crippen LogP contribution in [0.3, 0.4) is 0 Å². The first-order valence-corrected chi connectivity index (χ1v) is 11.4. The van der Waals surface area contributed by atoms with Gasteiger partial charge in [0, 0.05) is 23.4 Å². The van der Waals surface area contributed by atoms with Crippen molar-refractivity contribution >= 4 is 40.3 Å². The van der Waals surface area contributed by atoms with E-state index in [9.17, 15) is 4.79 Å². The number of benzene rings is 2. The summed E-state index contributed by atoms with van der Waals surface area (Å²) in [5, 5.41) is 4.83. The molecular formula is C24H23N3O2S2. The van der Waals surface area contributed by atoms with E-state index in [1.54, 1.807) is 4.90 Å². The van der Waals surface area contributed by atoms with Gasteiger partial charge < -0.3 is 4.74 Å². The standard InChI is InChI=1S/C24H23N3O2S2/c1-4-29-20-12-10-17(11-13-20)22-18(15-26(25-22)19-8-6-5-7-9-19)14-21-23(28)27(16(2)3)24(30)31-21/h5-16H,4H2,1-3H3. The lowest BCUT2D eigenvalue weighted by molar-refractivity contribution is -0.123. The van der Waals surface area contributed by atoms with Gasteiger partial charge in [0.25, 0.3) is 5.91 Å². The number of aromatic nitrogens is 2. The zero-order valence-electron chi connectivity index (χ0n) is 17.6. The largest absolute Gasteiger partial charge is 0.494 e. The number of nitrogens with zero attached hydrogens (tertiary/aromatic N) is 3. The number of carbonyl (C=O) groups is 1. The molecule has 2 aromatic carbocycles. The van der Waals surface area contributed by atoms with E-state index in [2.05, 4.69) is 0 Å². The van der Waals surface area contributed by atoms with Gasteiger partial charge >= 0.3 is 0 Å². The highest BCUT2D eigenvalue weighted by molar-refractivity contribution is 8.26. The van der Waals surface area contributed by atoms with E-state index in [-0.39, 0.29) is 11.9 Å². The van der Waals surface area contributed by atoms with Gasteiger partial charge in [0.1, 0.15) is 10.1 Å². The van der Waals surface area contributed by atoms with Crippen LogP contribution >= 0.6 is 24.0 Å². The Morgan fingerprint density at radius 1 is 1.13 bits per heavy atom. The number of ether oxygens (including phenoxy) is 1. The Balaban J connectivity index is 1.78. The average Bonchev–Trinajstić information content (AvgIpc) is 3.30. The Hall–Kier alpha value is -2.90. The van der Waals surface area contributed by atoms with Crippen molar-refractivity contribution in [1.29, 1.82) is 0 Å². The molecule has 1 aliphatic rings. The van der Waals surface area contributed by atoms with E-state index in [0.717, 1.165) is 28.3 Å². The van der Waals surface area contributed by atoms with E-state index in [0.29, 0.717) is 15.8 Å². The summed E-state index contributed by atoms with van der Waals surface area (Å²) in [6.07, 6.45) is 3.84. The topological polar surface area (TPSA) is 47.4 Å². The number of rotatable bonds is 6. The minimum absolute atomic E-state index is 0.0241. The van der Waals surface area contributed by atoms with E-state index in [1.165, 1.54) is 11.8 Å². The van der Waals surface area contributed by atoms with Crippen molar-refractivity contribution < 1.29 is 9.53 Å². The normalized spacial score (nSPS) is 15.4. The highest BCUT2D eigenvalue weighted by Crippen LogP contribution is 2.36. The van der Waals surface area contributed by atoms with Crippen LogP contribution in [-0.4, -0.2) is 37.6 Å². The second kappa shape index (κ2) is 9.08. The maximum absolute atomic E-state index is 12.9. The molecule has 0 radical (unpaired) electrons. The second-order valence-electron chi connectivity index (χ2n) is 7.32. The van der Waals surface area contributed by atoms with Crippen LogP contribution in [-0.2, 0) is 4.79 Å². The monoisotopic (exact) mass is 449 g/mol. The van der Waals surface area contributed by atoms with Crippen molar-refractivity contribution in [3.63, 3.8) is 0 Å². The van der Waals surface area contributed by atoms with Gasteiger partial charge in [0.15, 0.2) is 0 Å². The van der Waals surface area contributed by atoms with Gasteiger partial charge in [-0.25, -0.2) is 4.68 Å². The smallest absolute Gasteiger partial charge is 0.266 e. The Morgan fingerprint density at radius 3 is 2.45 bits per heavy atom. The zero-order valence-corrected chi connectivity index (χ0v) is 19.2. The number of hydrogen-bond acceptors (Lipinski definition) is 5. The van der Waals surface area contributed by atoms with Crippen molar-refractivity contribution in [1.82, 2.24) is 14.7 Å². The van der Waals surface area contributed by atoms with Gasteiger partial charge in [-0.2, -0.15) is 5.10 Å². The third-order valence-corrected chi connectivity index (χ3v) is 6.16. The molecule has 0 saturated carbocycles. The number of thioether (sulfide) groups is 1. The highest BCUT2D eigenvalue weighted by Gasteiger charge is 2.34. The average molecular weight is 450 g/mol. The lowest BCUT2D eigenvalue weighted by Crippen LogP contribution is -2.34. The highest BCUT2D eigenvalue weighted by atomic mass is 32.2. The molecule has 0 spiro atoms. The third-order valence-electron chi connectivity index (χ3n) is 4.83. The molecule has 1 aromatic heterocycles. The van der Waals surface area contributed by atoms with Gasteiger partial charge in [0.2, 0.25) is 0 Å². The van der Waals surface area contributed by atoms with Gasteiger partial charge in [-0.3, -0.25) is 9.69 Å². The molecule has 0 bridgehead atoms. The molecule has 31 heavy (non-hydrogen) atoms. The molecule has 3 aromatic rings. The summed E-state index contributed by atoms with van der Waals surface area (Å²) in [5.41, 5.74) is 3.55. The van der Waals surface area contributed by atoms with Crippen molar-refractivity contribution in [3.8, 4) is 22.7 Å². The molecule has 4 rings (SSSR count). The summed E-state index contributed by atoms with van der Waals surface area (Å²) in [7, 11) is 0. The molecule has 2 heterocycles. The van der Waals surface area contributed by atoms with Crippen LogP contribution in [0.25, 0.3) is 23.0 Å². The summed E-state index contributed by atoms with van der Waals surface area (Å²) in [5.74, 6) is 0.753. The van der Waals surface area contributed by atoms with Gasteiger partial charge in [-0.05, 0) is 63.2 Å². The number of amides is 1. The summed E-state index contributed by atoms with van der Waals surface area (Å²) in [6.45, 7) is 6.50. The van der Waals surface area contributed by atoms with Crippen LogP contribution in [0.2, 0.25) is 0 Å². The van der Waals surface area contributed by atoms with Gasteiger partial charge in [0.05, 0.1) is 22.9 Å². The Bertz CT molecular complexity index is 1140. The second-order valence-corrected chi connectivity index (χ2v) is 8.99. The fourth-order valence-electron chi connectivity index (χ4n) is 3.37. The molecule has 158 valence electrons. The number of hydrogen-bond donors (Lipinski definition) is 0. The number of para-hydroxylation sites is 1. The van der Waals surface area contributed by atoms with Crippen LogP contribution in [0.1, 0.15) is 26.3 Å². The van der Waals surface area contributed by atoms with Crippen LogP contribution in [0.15, 0.2) is 65.7 Å². The van der Waals surface area contributed by atoms with Gasteiger partial charge in [-0.1, -0.05) is 42.2 Å². The third kappa shape index (κ3) is 4.43. The lowest BCUT2D eigenvalue weighted by Gasteiger charge is -2.18. The summed E-state index contributed by atoms with van der Waals surface area (Å²) >= 11 is 6.76. The first-order chi connectivity index (χ1) is 15.0. The summed E-state index contributed by atoms with van der Waals surface area (Å²) in [4.78, 5) is 15.2. The molecular weight excluding hydrogens is 426 g/mol. The predicted molar refractivity (Wildman–Crippen MR) is 130 cm³/mol. The fourth-order valence-corrected chi connectivity index (χ4v) is 4.89. The number of carbonyl (C=O) groups excluding carboxylic acids is 1. The molecule has 5 nitrogen and oxygen atoms in total. The molecule has 7 heteroatoms. The van der Waals surface area contributed by atoms with E-state index >= 15 is 0 Å². The Kier molecular flexibility index (Phi) is 6.25. The molecule has 1 amide bonds. The fraction of sp³-hybridized carbons (Fsp3) is 0.208.